The summed E-state index contributed by atoms with van der Waals surface area (Å²) in [7, 11) is 0. The maximum absolute atomic E-state index is 4.32. The molecule has 1 fully saturated rings. The van der Waals surface area contributed by atoms with Crippen molar-refractivity contribution in [2.24, 2.45) is 5.92 Å². The summed E-state index contributed by atoms with van der Waals surface area (Å²) in [6.07, 6.45) is 3.80. The van der Waals surface area contributed by atoms with E-state index in [1.165, 1.54) is 22.7 Å². The molecule has 1 atom stereocenters. The van der Waals surface area contributed by atoms with Crippen LogP contribution in [0, 0.1) is 5.92 Å². The lowest BCUT2D eigenvalue weighted by Gasteiger charge is -2.30. The van der Waals surface area contributed by atoms with E-state index < -0.39 is 0 Å². The van der Waals surface area contributed by atoms with E-state index in [2.05, 4.69) is 63.2 Å². The number of hydrogen-bond acceptors (Lipinski definition) is 4. The Kier molecular flexibility index (Phi) is 3.56. The van der Waals surface area contributed by atoms with Crippen LogP contribution in [0.3, 0.4) is 0 Å². The van der Waals surface area contributed by atoms with Gasteiger partial charge >= 0.3 is 0 Å². The van der Waals surface area contributed by atoms with Gasteiger partial charge in [-0.1, -0.05) is 36.4 Å². The van der Waals surface area contributed by atoms with Crippen LogP contribution < -0.4 is 5.32 Å². The van der Waals surface area contributed by atoms with Crippen LogP contribution in [-0.2, 0) is 0 Å². The fourth-order valence-corrected chi connectivity index (χ4v) is 3.45. The normalized spacial score (nSPS) is 17.6. The molecule has 0 bridgehead atoms. The first-order valence-electron chi connectivity index (χ1n) is 7.84. The van der Waals surface area contributed by atoms with Gasteiger partial charge < -0.3 is 5.32 Å². The van der Waals surface area contributed by atoms with Crippen molar-refractivity contribution in [2.45, 2.75) is 18.9 Å². The summed E-state index contributed by atoms with van der Waals surface area (Å²) in [6, 6.07) is 15.3. The molecule has 2 aromatic carbocycles. The van der Waals surface area contributed by atoms with Crippen molar-refractivity contribution >= 4 is 10.8 Å². The van der Waals surface area contributed by atoms with Crippen LogP contribution in [0.1, 0.15) is 24.4 Å². The van der Waals surface area contributed by atoms with Gasteiger partial charge in [0, 0.05) is 0 Å². The van der Waals surface area contributed by atoms with Gasteiger partial charge in [-0.25, -0.2) is 0 Å². The third-order valence-corrected chi connectivity index (χ3v) is 4.56. The maximum atomic E-state index is 4.32. The number of rotatable bonds is 3. The molecule has 1 aliphatic rings. The average Bonchev–Trinajstić information content (AvgIpc) is 3.10. The Morgan fingerprint density at radius 1 is 1.05 bits per heavy atom. The molecule has 3 aromatic rings. The Morgan fingerprint density at radius 2 is 1.86 bits per heavy atom. The smallest absolute Gasteiger partial charge is 0.162 e. The minimum Gasteiger partial charge on any atom is -0.317 e. The van der Waals surface area contributed by atoms with Crippen molar-refractivity contribution in [1.29, 1.82) is 0 Å². The van der Waals surface area contributed by atoms with Gasteiger partial charge in [0.25, 0.3) is 0 Å². The van der Waals surface area contributed by atoms with Crippen molar-refractivity contribution in [1.82, 2.24) is 25.5 Å². The number of piperidine rings is 1. The van der Waals surface area contributed by atoms with Gasteiger partial charge in [-0.05, 0) is 59.5 Å². The first kappa shape index (κ1) is 13.4. The van der Waals surface area contributed by atoms with Crippen molar-refractivity contribution in [3.05, 3.63) is 54.4 Å². The molecule has 0 aliphatic carbocycles. The molecule has 22 heavy (non-hydrogen) atoms. The van der Waals surface area contributed by atoms with Crippen LogP contribution in [0.15, 0.2) is 48.8 Å². The van der Waals surface area contributed by atoms with Crippen LogP contribution in [0.5, 0.6) is 0 Å². The predicted octanol–water partition coefficient (Wildman–Crippen LogP) is 2.42. The Morgan fingerprint density at radius 3 is 2.64 bits per heavy atom. The Bertz CT molecular complexity index is 747. The summed E-state index contributed by atoms with van der Waals surface area (Å²) in [5.41, 5.74) is 1.27. The zero-order chi connectivity index (χ0) is 14.8. The fourth-order valence-electron chi connectivity index (χ4n) is 3.45. The summed E-state index contributed by atoms with van der Waals surface area (Å²) >= 11 is 0. The highest BCUT2D eigenvalue weighted by molar-refractivity contribution is 5.83. The zero-order valence-corrected chi connectivity index (χ0v) is 12.4. The second kappa shape index (κ2) is 5.85. The summed E-state index contributed by atoms with van der Waals surface area (Å²) in [5.74, 6) is 0.539. The van der Waals surface area contributed by atoms with Gasteiger partial charge in [-0.15, -0.1) is 10.2 Å². The van der Waals surface area contributed by atoms with E-state index in [9.17, 15) is 0 Å². The van der Waals surface area contributed by atoms with Crippen LogP contribution in [-0.4, -0.2) is 33.3 Å². The fraction of sp³-hybridized carbons (Fsp3) is 0.353. The van der Waals surface area contributed by atoms with Crippen LogP contribution in [0.2, 0.25) is 0 Å². The zero-order valence-electron chi connectivity index (χ0n) is 12.4. The topological polar surface area (TPSA) is 55.6 Å². The first-order chi connectivity index (χ1) is 10.9. The lowest BCUT2D eigenvalue weighted by molar-refractivity contribution is 0.257. The standard InChI is InChI=1S/C17H19N5/c1-2-4-15-11-16(6-5-13(15)3-1)17(22-20-12-19-21-22)14-7-9-18-10-8-14/h1-6,11-12,14,17-18H,7-10H2/t17-/m1/s1. The van der Waals surface area contributed by atoms with Crippen molar-refractivity contribution < 1.29 is 0 Å². The van der Waals surface area contributed by atoms with E-state index in [0.29, 0.717) is 5.92 Å². The number of fused-ring (bicyclic) bond motifs is 1. The van der Waals surface area contributed by atoms with Crippen molar-refractivity contribution in [2.75, 3.05) is 13.1 Å². The van der Waals surface area contributed by atoms with Gasteiger partial charge in [0.1, 0.15) is 6.04 Å². The van der Waals surface area contributed by atoms with Gasteiger partial charge in [-0.3, -0.25) is 0 Å². The first-order valence-corrected chi connectivity index (χ1v) is 7.84. The second-order valence-electron chi connectivity index (χ2n) is 5.90. The van der Waals surface area contributed by atoms with E-state index in [1.54, 1.807) is 4.80 Å². The van der Waals surface area contributed by atoms with Crippen LogP contribution in [0.4, 0.5) is 0 Å². The number of aromatic nitrogens is 4. The van der Waals surface area contributed by atoms with Gasteiger partial charge in [-0.2, -0.15) is 4.80 Å². The highest BCUT2D eigenvalue weighted by Crippen LogP contribution is 2.32. The number of tetrazole rings is 1. The summed E-state index contributed by atoms with van der Waals surface area (Å²) in [5, 5.41) is 18.4. The van der Waals surface area contributed by atoms with Crippen LogP contribution in [0.25, 0.3) is 10.8 Å². The van der Waals surface area contributed by atoms with Crippen molar-refractivity contribution in [3.8, 4) is 0 Å². The lowest BCUT2D eigenvalue weighted by atomic mass is 9.85. The average molecular weight is 293 g/mol. The molecule has 1 aromatic heterocycles. The molecule has 0 unspecified atom stereocenters. The van der Waals surface area contributed by atoms with Gasteiger partial charge in [0.15, 0.2) is 6.33 Å². The molecular weight excluding hydrogens is 274 g/mol. The minimum absolute atomic E-state index is 0.161. The van der Waals surface area contributed by atoms with Gasteiger partial charge in [0.2, 0.25) is 0 Å². The molecule has 112 valence electrons. The van der Waals surface area contributed by atoms with E-state index in [4.69, 9.17) is 0 Å². The quantitative estimate of drug-likeness (QED) is 0.806. The molecule has 1 N–H and O–H groups in total. The number of hydrogen-bond donors (Lipinski definition) is 1. The molecule has 4 rings (SSSR count). The molecule has 0 saturated carbocycles. The van der Waals surface area contributed by atoms with E-state index in [0.717, 1.165) is 25.9 Å². The molecule has 1 aliphatic heterocycles. The molecule has 2 heterocycles. The molecule has 0 radical (unpaired) electrons. The van der Waals surface area contributed by atoms with Crippen molar-refractivity contribution in [3.63, 3.8) is 0 Å². The number of nitrogens with zero attached hydrogens (tertiary/aromatic N) is 4. The molecule has 0 spiro atoms. The predicted molar refractivity (Wildman–Crippen MR) is 85.5 cm³/mol. The third-order valence-electron chi connectivity index (χ3n) is 4.56. The lowest BCUT2D eigenvalue weighted by Crippen LogP contribution is -2.34. The monoisotopic (exact) mass is 293 g/mol. The van der Waals surface area contributed by atoms with E-state index >= 15 is 0 Å². The highest BCUT2D eigenvalue weighted by atomic mass is 15.6. The third kappa shape index (κ3) is 2.48. The maximum Gasteiger partial charge on any atom is 0.162 e. The minimum atomic E-state index is 0.161. The SMILES string of the molecule is c1ccc2cc([C@@H](C3CCNCC3)n3ncnn3)ccc2c1. The van der Waals surface area contributed by atoms with Gasteiger partial charge in [0.05, 0.1) is 0 Å². The molecular formula is C17H19N5. The second-order valence-corrected chi connectivity index (χ2v) is 5.90. The van der Waals surface area contributed by atoms with E-state index in [1.807, 2.05) is 0 Å². The highest BCUT2D eigenvalue weighted by Gasteiger charge is 2.28. The van der Waals surface area contributed by atoms with E-state index in [-0.39, 0.29) is 6.04 Å². The Balaban J connectivity index is 1.78. The number of benzene rings is 2. The summed E-state index contributed by atoms with van der Waals surface area (Å²) < 4.78 is 0. The molecule has 5 nitrogen and oxygen atoms in total. The summed E-state index contributed by atoms with van der Waals surface area (Å²) in [6.45, 7) is 2.12. The van der Waals surface area contributed by atoms with Crippen LogP contribution >= 0.6 is 0 Å². The molecule has 0 amide bonds. The number of nitrogens with one attached hydrogen (secondary N) is 1. The molecule has 5 heteroatoms. The Labute approximate surface area is 129 Å². The largest absolute Gasteiger partial charge is 0.317 e. The molecule has 1 saturated heterocycles. The summed E-state index contributed by atoms with van der Waals surface area (Å²) in [4.78, 5) is 1.78. The Hall–Kier alpha value is -2.27.